The van der Waals surface area contributed by atoms with Crippen LogP contribution in [0.5, 0.6) is 11.5 Å². The van der Waals surface area contributed by atoms with Crippen LogP contribution in [0, 0.1) is 5.82 Å². The highest BCUT2D eigenvalue weighted by molar-refractivity contribution is 9.10. The third-order valence-electron chi connectivity index (χ3n) is 5.68. The number of fused-ring (bicyclic) bond motifs is 2. The quantitative estimate of drug-likeness (QED) is 0.602. The lowest BCUT2D eigenvalue weighted by atomic mass is 10.1. The number of hydrogen-bond donors (Lipinski definition) is 1. The maximum atomic E-state index is 14.5. The lowest BCUT2D eigenvalue weighted by Gasteiger charge is -2.36. The Hall–Kier alpha value is -2.49. The van der Waals surface area contributed by atoms with Gasteiger partial charge >= 0.3 is 0 Å². The van der Waals surface area contributed by atoms with Crippen LogP contribution in [0.4, 0.5) is 15.9 Å². The van der Waals surface area contributed by atoms with Crippen LogP contribution in [0.25, 0.3) is 10.9 Å². The van der Waals surface area contributed by atoms with Crippen LogP contribution in [-0.4, -0.2) is 72.3 Å². The Bertz CT molecular complexity index is 1110. The van der Waals surface area contributed by atoms with Gasteiger partial charge in [-0.2, -0.15) is 0 Å². The van der Waals surface area contributed by atoms with Gasteiger partial charge < -0.3 is 19.7 Å². The molecule has 7 nitrogen and oxygen atoms in total. The van der Waals surface area contributed by atoms with Gasteiger partial charge in [0.05, 0.1) is 15.7 Å². The van der Waals surface area contributed by atoms with Crippen molar-refractivity contribution in [3.8, 4) is 11.5 Å². The van der Waals surface area contributed by atoms with E-state index in [-0.39, 0.29) is 11.9 Å². The molecule has 0 unspecified atom stereocenters. The fraction of sp³-hybridized carbons (Fsp3) is 0.364. The first kappa shape index (κ1) is 20.4. The summed E-state index contributed by atoms with van der Waals surface area (Å²) in [6.07, 6.45) is 1.41. The van der Waals surface area contributed by atoms with Gasteiger partial charge in [-0.25, -0.2) is 14.4 Å². The normalized spacial score (nSPS) is 19.5. The standard InChI is InChI=1S/C22H23BrFN5O2/c1-28-5-7-29(8-6-28)11-14-12-30-19-10-18-15(9-20(19)31-14)22(26-13-25-18)27-17-4-2-3-16(23)21(17)24/h2-4,9-10,13-14H,5-8,11-12H2,1H3,(H,25,26,27)/t14-/m1/s1. The molecule has 3 aromatic rings. The van der Waals surface area contributed by atoms with Gasteiger partial charge in [0, 0.05) is 44.2 Å². The average molecular weight is 488 g/mol. The predicted molar refractivity (Wildman–Crippen MR) is 121 cm³/mol. The van der Waals surface area contributed by atoms with Gasteiger partial charge in [-0.3, -0.25) is 4.90 Å². The zero-order valence-electron chi connectivity index (χ0n) is 17.1. The number of hydrogen-bond acceptors (Lipinski definition) is 7. The van der Waals surface area contributed by atoms with Gasteiger partial charge in [0.1, 0.15) is 24.9 Å². The van der Waals surface area contributed by atoms with E-state index < -0.39 is 0 Å². The summed E-state index contributed by atoms with van der Waals surface area (Å²) in [4.78, 5) is 13.4. The molecule has 1 N–H and O–H groups in total. The molecule has 162 valence electrons. The highest BCUT2D eigenvalue weighted by Crippen LogP contribution is 2.38. The van der Waals surface area contributed by atoms with Crippen molar-refractivity contribution >= 4 is 38.3 Å². The molecule has 31 heavy (non-hydrogen) atoms. The minimum Gasteiger partial charge on any atom is -0.486 e. The first-order chi connectivity index (χ1) is 15.1. The van der Waals surface area contributed by atoms with Crippen LogP contribution in [0.1, 0.15) is 0 Å². The molecule has 1 fully saturated rings. The van der Waals surface area contributed by atoms with Crippen LogP contribution in [-0.2, 0) is 0 Å². The predicted octanol–water partition coefficient (Wildman–Crippen LogP) is 3.66. The number of anilines is 2. The van der Waals surface area contributed by atoms with E-state index >= 15 is 0 Å². The lowest BCUT2D eigenvalue weighted by Crippen LogP contribution is -2.49. The largest absolute Gasteiger partial charge is 0.486 e. The minimum absolute atomic E-state index is 0.0445. The van der Waals surface area contributed by atoms with Crippen LogP contribution in [0.3, 0.4) is 0 Å². The second-order valence-electron chi connectivity index (χ2n) is 7.92. The van der Waals surface area contributed by atoms with Gasteiger partial charge in [0.25, 0.3) is 0 Å². The summed E-state index contributed by atoms with van der Waals surface area (Å²) >= 11 is 3.22. The number of halogens is 2. The molecule has 1 aromatic heterocycles. The summed E-state index contributed by atoms with van der Waals surface area (Å²) in [6.45, 7) is 5.51. The van der Waals surface area contributed by atoms with Crippen LogP contribution < -0.4 is 14.8 Å². The topological polar surface area (TPSA) is 62.8 Å². The molecule has 5 rings (SSSR count). The highest BCUT2D eigenvalue weighted by atomic mass is 79.9. The van der Waals surface area contributed by atoms with Crippen LogP contribution >= 0.6 is 15.9 Å². The Morgan fingerprint density at radius 2 is 2.00 bits per heavy atom. The van der Waals surface area contributed by atoms with E-state index in [0.29, 0.717) is 39.6 Å². The molecule has 1 atom stereocenters. The number of nitrogens with zero attached hydrogens (tertiary/aromatic N) is 4. The number of piperazine rings is 1. The zero-order chi connectivity index (χ0) is 21.4. The summed E-state index contributed by atoms with van der Waals surface area (Å²) in [7, 11) is 2.15. The number of ether oxygens (including phenoxy) is 2. The van der Waals surface area contributed by atoms with Gasteiger partial charge in [-0.15, -0.1) is 0 Å². The third-order valence-corrected chi connectivity index (χ3v) is 6.29. The van der Waals surface area contributed by atoms with Crippen molar-refractivity contribution in [2.24, 2.45) is 0 Å². The maximum Gasteiger partial charge on any atom is 0.163 e. The Morgan fingerprint density at radius 1 is 1.16 bits per heavy atom. The molecule has 0 saturated carbocycles. The summed E-state index contributed by atoms with van der Waals surface area (Å²) in [6, 6.07) is 8.80. The Labute approximate surface area is 188 Å². The molecule has 3 heterocycles. The molecule has 9 heteroatoms. The summed E-state index contributed by atoms with van der Waals surface area (Å²) in [5.74, 6) is 1.46. The number of benzene rings is 2. The SMILES string of the molecule is CN1CCN(C[C@@H]2COc3cc4ncnc(Nc5cccc(Br)c5F)c4cc3O2)CC1. The first-order valence-corrected chi connectivity index (χ1v) is 11.1. The fourth-order valence-corrected chi connectivity index (χ4v) is 4.27. The van der Waals surface area contributed by atoms with Crippen LogP contribution in [0.15, 0.2) is 41.1 Å². The number of aromatic nitrogens is 2. The molecule has 2 aromatic carbocycles. The van der Waals surface area contributed by atoms with E-state index in [9.17, 15) is 4.39 Å². The molecule has 0 aliphatic carbocycles. The minimum atomic E-state index is -0.376. The van der Waals surface area contributed by atoms with Gasteiger partial charge in [0.2, 0.25) is 0 Å². The van der Waals surface area contributed by atoms with E-state index in [0.717, 1.165) is 38.1 Å². The summed E-state index contributed by atoms with van der Waals surface area (Å²) in [5.41, 5.74) is 1.03. The van der Waals surface area contributed by atoms with E-state index in [2.05, 4.69) is 48.1 Å². The third kappa shape index (κ3) is 4.30. The second kappa shape index (κ2) is 8.57. The van der Waals surface area contributed by atoms with Crippen molar-refractivity contribution in [2.75, 3.05) is 51.7 Å². The molecular weight excluding hydrogens is 465 g/mol. The van der Waals surface area contributed by atoms with Crippen molar-refractivity contribution in [1.29, 1.82) is 0 Å². The van der Waals surface area contributed by atoms with Crippen molar-refractivity contribution in [3.63, 3.8) is 0 Å². The highest BCUT2D eigenvalue weighted by Gasteiger charge is 2.26. The van der Waals surface area contributed by atoms with E-state index in [1.54, 1.807) is 18.2 Å². The van der Waals surface area contributed by atoms with Gasteiger partial charge in [-0.1, -0.05) is 6.07 Å². The first-order valence-electron chi connectivity index (χ1n) is 10.3. The summed E-state index contributed by atoms with van der Waals surface area (Å²) < 4.78 is 27.1. The molecule has 1 saturated heterocycles. The smallest absolute Gasteiger partial charge is 0.163 e. The maximum absolute atomic E-state index is 14.5. The molecule has 2 aliphatic rings. The molecule has 0 spiro atoms. The number of rotatable bonds is 4. The van der Waals surface area contributed by atoms with Crippen molar-refractivity contribution in [2.45, 2.75) is 6.10 Å². The number of likely N-dealkylation sites (N-methyl/N-ethyl adjacent to an activating group) is 1. The number of nitrogens with one attached hydrogen (secondary N) is 1. The Morgan fingerprint density at radius 3 is 2.84 bits per heavy atom. The van der Waals surface area contributed by atoms with Gasteiger partial charge in [-0.05, 0) is 41.2 Å². The summed E-state index contributed by atoms with van der Waals surface area (Å²) in [5, 5.41) is 3.82. The van der Waals surface area contributed by atoms with E-state index in [4.69, 9.17) is 9.47 Å². The average Bonchev–Trinajstić information content (AvgIpc) is 2.77. The Kier molecular flexibility index (Phi) is 5.64. The molecule has 0 bridgehead atoms. The van der Waals surface area contributed by atoms with Crippen molar-refractivity contribution in [3.05, 3.63) is 46.9 Å². The monoisotopic (exact) mass is 487 g/mol. The Balaban J connectivity index is 1.39. The van der Waals surface area contributed by atoms with Crippen molar-refractivity contribution in [1.82, 2.24) is 19.8 Å². The van der Waals surface area contributed by atoms with E-state index in [1.165, 1.54) is 6.33 Å². The molecule has 2 aliphatic heterocycles. The molecular formula is C22H23BrFN5O2. The van der Waals surface area contributed by atoms with Crippen LogP contribution in [0.2, 0.25) is 0 Å². The lowest BCUT2D eigenvalue weighted by molar-refractivity contribution is 0.0442. The fourth-order valence-electron chi connectivity index (χ4n) is 3.90. The van der Waals surface area contributed by atoms with Gasteiger partial charge in [0.15, 0.2) is 17.3 Å². The van der Waals surface area contributed by atoms with Crippen molar-refractivity contribution < 1.29 is 13.9 Å². The van der Waals surface area contributed by atoms with E-state index in [1.807, 2.05) is 12.1 Å². The second-order valence-corrected chi connectivity index (χ2v) is 8.77. The zero-order valence-corrected chi connectivity index (χ0v) is 18.7. The molecule has 0 radical (unpaired) electrons. The molecule has 0 amide bonds.